The van der Waals surface area contributed by atoms with Crippen molar-refractivity contribution >= 4 is 32.9 Å². The minimum Gasteiger partial charge on any atom is -0.397 e. The second-order valence-corrected chi connectivity index (χ2v) is 5.70. The summed E-state index contributed by atoms with van der Waals surface area (Å²) >= 11 is 1.68. The van der Waals surface area contributed by atoms with Gasteiger partial charge in [0.15, 0.2) is 0 Å². The van der Waals surface area contributed by atoms with Crippen LogP contribution in [0.1, 0.15) is 11.9 Å². The Morgan fingerprint density at radius 3 is 2.94 bits per heavy atom. The van der Waals surface area contributed by atoms with Crippen LogP contribution in [0.25, 0.3) is 10.2 Å². The number of nitrogens with zero attached hydrogens (tertiary/aromatic N) is 2. The molecule has 0 bridgehead atoms. The quantitative estimate of drug-likeness (QED) is 0.815. The first-order valence-corrected chi connectivity index (χ1v) is 7.01. The first kappa shape index (κ1) is 13.1. The summed E-state index contributed by atoms with van der Waals surface area (Å²) in [5, 5.41) is 4.45. The second kappa shape index (κ2) is 5.54. The molecule has 1 heterocycles. The van der Waals surface area contributed by atoms with Crippen LogP contribution in [-0.4, -0.2) is 36.6 Å². The van der Waals surface area contributed by atoms with Gasteiger partial charge in [-0.05, 0) is 32.6 Å². The molecule has 0 amide bonds. The number of nitrogen functional groups attached to an aromatic ring is 1. The number of anilines is 2. The van der Waals surface area contributed by atoms with Crippen LogP contribution < -0.4 is 11.1 Å². The number of aromatic nitrogens is 1. The fourth-order valence-electron chi connectivity index (χ4n) is 1.80. The van der Waals surface area contributed by atoms with Crippen molar-refractivity contribution in [2.75, 3.05) is 37.7 Å². The van der Waals surface area contributed by atoms with E-state index in [1.807, 2.05) is 19.1 Å². The Labute approximate surface area is 112 Å². The molecule has 18 heavy (non-hydrogen) atoms. The Hall–Kier alpha value is -1.33. The highest BCUT2D eigenvalue weighted by atomic mass is 32.1. The molecule has 0 aliphatic rings. The molecule has 1 aromatic heterocycles. The van der Waals surface area contributed by atoms with Gasteiger partial charge in [-0.15, -0.1) is 11.3 Å². The molecule has 0 saturated carbocycles. The van der Waals surface area contributed by atoms with Crippen LogP contribution in [0.2, 0.25) is 0 Å². The van der Waals surface area contributed by atoms with Crippen LogP contribution >= 0.6 is 11.3 Å². The summed E-state index contributed by atoms with van der Waals surface area (Å²) in [6.45, 7) is 7.12. The van der Waals surface area contributed by atoms with Gasteiger partial charge in [0.2, 0.25) is 0 Å². The van der Waals surface area contributed by atoms with E-state index < -0.39 is 0 Å². The third-order valence-corrected chi connectivity index (χ3v) is 3.95. The molecule has 2 rings (SSSR count). The zero-order valence-electron chi connectivity index (χ0n) is 11.2. The summed E-state index contributed by atoms with van der Waals surface area (Å²) in [5.41, 5.74) is 8.85. The molecule has 0 saturated heterocycles. The minimum atomic E-state index is 0.797. The Morgan fingerprint density at radius 1 is 1.44 bits per heavy atom. The largest absolute Gasteiger partial charge is 0.397 e. The number of nitrogens with two attached hydrogens (primary N) is 1. The van der Waals surface area contributed by atoms with Crippen LogP contribution in [0.15, 0.2) is 12.1 Å². The lowest BCUT2D eigenvalue weighted by Gasteiger charge is -2.15. The van der Waals surface area contributed by atoms with Crippen LogP contribution in [-0.2, 0) is 0 Å². The lowest BCUT2D eigenvalue weighted by Crippen LogP contribution is -2.24. The number of rotatable bonds is 5. The highest BCUT2D eigenvalue weighted by Crippen LogP contribution is 2.29. The topological polar surface area (TPSA) is 54.2 Å². The molecular weight excluding hydrogens is 244 g/mol. The third kappa shape index (κ3) is 2.91. The maximum absolute atomic E-state index is 6.05. The number of hydrogen-bond donors (Lipinski definition) is 2. The monoisotopic (exact) mass is 264 g/mol. The SMILES string of the molecule is CCN(C)CCNc1cc2nc(C)sc2cc1N. The lowest BCUT2D eigenvalue weighted by atomic mass is 10.2. The number of aryl methyl sites for hydroxylation is 1. The van der Waals surface area contributed by atoms with Gasteiger partial charge >= 0.3 is 0 Å². The van der Waals surface area contributed by atoms with Crippen molar-refractivity contribution in [2.45, 2.75) is 13.8 Å². The smallest absolute Gasteiger partial charge is 0.0907 e. The number of fused-ring (bicyclic) bond motifs is 1. The van der Waals surface area contributed by atoms with E-state index in [9.17, 15) is 0 Å². The molecule has 4 nitrogen and oxygen atoms in total. The lowest BCUT2D eigenvalue weighted by molar-refractivity contribution is 0.367. The number of nitrogens with one attached hydrogen (secondary N) is 1. The van der Waals surface area contributed by atoms with E-state index in [0.717, 1.165) is 46.2 Å². The maximum atomic E-state index is 6.05. The summed E-state index contributed by atoms with van der Waals surface area (Å²) in [5.74, 6) is 0. The van der Waals surface area contributed by atoms with Crippen LogP contribution in [0.4, 0.5) is 11.4 Å². The van der Waals surface area contributed by atoms with Gasteiger partial charge < -0.3 is 16.0 Å². The van der Waals surface area contributed by atoms with E-state index in [1.165, 1.54) is 0 Å². The van der Waals surface area contributed by atoms with Crippen molar-refractivity contribution in [1.82, 2.24) is 9.88 Å². The number of hydrogen-bond acceptors (Lipinski definition) is 5. The highest BCUT2D eigenvalue weighted by molar-refractivity contribution is 7.18. The molecule has 0 unspecified atom stereocenters. The van der Waals surface area contributed by atoms with Crippen molar-refractivity contribution in [1.29, 1.82) is 0 Å². The molecule has 98 valence electrons. The first-order valence-electron chi connectivity index (χ1n) is 6.19. The van der Waals surface area contributed by atoms with Gasteiger partial charge in [-0.2, -0.15) is 0 Å². The zero-order chi connectivity index (χ0) is 13.1. The Kier molecular flexibility index (Phi) is 4.04. The van der Waals surface area contributed by atoms with Crippen molar-refractivity contribution in [3.63, 3.8) is 0 Å². The van der Waals surface area contributed by atoms with E-state index in [-0.39, 0.29) is 0 Å². The average molecular weight is 264 g/mol. The number of benzene rings is 1. The molecule has 0 radical (unpaired) electrons. The third-order valence-electron chi connectivity index (χ3n) is 3.02. The van der Waals surface area contributed by atoms with E-state index >= 15 is 0 Å². The van der Waals surface area contributed by atoms with E-state index in [2.05, 4.69) is 29.2 Å². The van der Waals surface area contributed by atoms with Gasteiger partial charge in [-0.3, -0.25) is 0 Å². The van der Waals surface area contributed by atoms with Gasteiger partial charge in [-0.25, -0.2) is 4.98 Å². The van der Waals surface area contributed by atoms with Crippen molar-refractivity contribution in [3.8, 4) is 0 Å². The van der Waals surface area contributed by atoms with Crippen molar-refractivity contribution in [2.24, 2.45) is 0 Å². The fourth-order valence-corrected chi connectivity index (χ4v) is 2.65. The molecular formula is C13H20N4S. The van der Waals surface area contributed by atoms with Crippen LogP contribution in [0, 0.1) is 6.92 Å². The number of likely N-dealkylation sites (N-methyl/N-ethyl adjacent to an activating group) is 1. The average Bonchev–Trinajstić information content (AvgIpc) is 2.68. The van der Waals surface area contributed by atoms with Gasteiger partial charge in [0, 0.05) is 13.1 Å². The normalized spacial score (nSPS) is 11.3. The van der Waals surface area contributed by atoms with E-state index in [0.29, 0.717) is 0 Å². The molecule has 0 spiro atoms. The fraction of sp³-hybridized carbons (Fsp3) is 0.462. The Balaban J connectivity index is 2.10. The van der Waals surface area contributed by atoms with Gasteiger partial charge in [-0.1, -0.05) is 6.92 Å². The molecule has 2 aromatic rings. The molecule has 0 aliphatic carbocycles. The minimum absolute atomic E-state index is 0.797. The van der Waals surface area contributed by atoms with Crippen molar-refractivity contribution < 1.29 is 0 Å². The van der Waals surface area contributed by atoms with Gasteiger partial charge in [0.1, 0.15) is 0 Å². The van der Waals surface area contributed by atoms with Crippen LogP contribution in [0.3, 0.4) is 0 Å². The Morgan fingerprint density at radius 2 is 2.22 bits per heavy atom. The first-order chi connectivity index (χ1) is 8.60. The summed E-state index contributed by atoms with van der Waals surface area (Å²) in [6, 6.07) is 4.05. The summed E-state index contributed by atoms with van der Waals surface area (Å²) in [7, 11) is 2.11. The zero-order valence-corrected chi connectivity index (χ0v) is 12.0. The van der Waals surface area contributed by atoms with Crippen LogP contribution in [0.5, 0.6) is 0 Å². The van der Waals surface area contributed by atoms with Gasteiger partial charge in [0.25, 0.3) is 0 Å². The summed E-state index contributed by atoms with van der Waals surface area (Å²) in [4.78, 5) is 6.75. The summed E-state index contributed by atoms with van der Waals surface area (Å²) in [6.07, 6.45) is 0. The van der Waals surface area contributed by atoms with E-state index in [4.69, 9.17) is 5.73 Å². The molecule has 0 fully saturated rings. The van der Waals surface area contributed by atoms with E-state index in [1.54, 1.807) is 11.3 Å². The van der Waals surface area contributed by atoms with Gasteiger partial charge in [0.05, 0.1) is 26.6 Å². The predicted octanol–water partition coefficient (Wildman–Crippen LogP) is 2.55. The van der Waals surface area contributed by atoms with Crippen molar-refractivity contribution in [3.05, 3.63) is 17.1 Å². The summed E-state index contributed by atoms with van der Waals surface area (Å²) < 4.78 is 1.15. The second-order valence-electron chi connectivity index (χ2n) is 4.46. The number of thiazole rings is 1. The molecule has 0 aliphatic heterocycles. The highest BCUT2D eigenvalue weighted by Gasteiger charge is 2.06. The maximum Gasteiger partial charge on any atom is 0.0907 e. The Bertz CT molecular complexity index is 535. The molecule has 3 N–H and O–H groups in total. The predicted molar refractivity (Wildman–Crippen MR) is 80.4 cm³/mol. The molecule has 0 atom stereocenters. The standard InChI is InChI=1S/C13H20N4S/c1-4-17(3)6-5-15-11-8-12-13(7-10(11)14)18-9(2)16-12/h7-8,15H,4-6,14H2,1-3H3. The molecule has 1 aromatic carbocycles. The molecule has 5 heteroatoms.